The predicted molar refractivity (Wildman–Crippen MR) is 68.2 cm³/mol. The number of aliphatic carboxylic acids is 1. The Balaban J connectivity index is 2.94. The number of hydrogen-bond donors (Lipinski definition) is 3. The van der Waals surface area contributed by atoms with Crippen LogP contribution in [0.4, 0.5) is 10.5 Å². The van der Waals surface area contributed by atoms with E-state index in [1.165, 1.54) is 4.90 Å². The number of urea groups is 1. The molecule has 1 aromatic carbocycles. The van der Waals surface area contributed by atoms with Crippen molar-refractivity contribution in [2.24, 2.45) is 11.5 Å². The number of amides is 2. The molecule has 0 aromatic heterocycles. The number of para-hydroxylation sites is 1. The van der Waals surface area contributed by atoms with Gasteiger partial charge in [-0.15, -0.1) is 0 Å². The molecule has 18 heavy (non-hydrogen) atoms. The highest BCUT2D eigenvalue weighted by Crippen LogP contribution is 2.26. The summed E-state index contributed by atoms with van der Waals surface area (Å²) in [5.41, 5.74) is 12.5. The Morgan fingerprint density at radius 2 is 2.00 bits per heavy atom. The van der Waals surface area contributed by atoms with Gasteiger partial charge in [-0.05, 0) is 18.1 Å². The van der Waals surface area contributed by atoms with E-state index in [4.69, 9.17) is 16.6 Å². The van der Waals surface area contributed by atoms with E-state index in [1.54, 1.807) is 31.3 Å². The summed E-state index contributed by atoms with van der Waals surface area (Å²) in [5, 5.41) is 8.64. The number of anilines is 1. The molecular formula is C12H17N3O3. The molecule has 6 nitrogen and oxygen atoms in total. The monoisotopic (exact) mass is 251 g/mol. The normalized spacial score (nSPS) is 11.9. The lowest BCUT2D eigenvalue weighted by molar-refractivity contribution is -0.137. The van der Waals surface area contributed by atoms with E-state index < -0.39 is 18.0 Å². The highest BCUT2D eigenvalue weighted by molar-refractivity contribution is 5.91. The number of carbonyl (C=O) groups is 2. The summed E-state index contributed by atoms with van der Waals surface area (Å²) < 4.78 is 0. The lowest BCUT2D eigenvalue weighted by atomic mass is 10.0. The summed E-state index contributed by atoms with van der Waals surface area (Å²) in [7, 11) is 1.55. The van der Waals surface area contributed by atoms with Gasteiger partial charge in [0.25, 0.3) is 0 Å². The van der Waals surface area contributed by atoms with Crippen LogP contribution in [-0.2, 0) is 4.79 Å². The Morgan fingerprint density at radius 1 is 1.39 bits per heavy atom. The predicted octanol–water partition coefficient (Wildman–Crippen LogP) is 1.07. The third-order valence-corrected chi connectivity index (χ3v) is 2.70. The molecule has 0 heterocycles. The first-order chi connectivity index (χ1) is 8.43. The summed E-state index contributed by atoms with van der Waals surface area (Å²) in [6.07, 6.45) is 0.286. The fraction of sp³-hybridized carbons (Fsp3) is 0.333. The summed E-state index contributed by atoms with van der Waals surface area (Å²) in [5.74, 6) is -0.897. The molecule has 0 saturated heterocycles. The van der Waals surface area contributed by atoms with E-state index >= 15 is 0 Å². The fourth-order valence-electron chi connectivity index (χ4n) is 1.66. The molecule has 0 aliphatic heterocycles. The van der Waals surface area contributed by atoms with Gasteiger partial charge in [-0.25, -0.2) is 4.79 Å². The number of carbonyl (C=O) groups excluding carboxylic acids is 1. The van der Waals surface area contributed by atoms with E-state index in [2.05, 4.69) is 0 Å². The van der Waals surface area contributed by atoms with Crippen molar-refractivity contribution in [3.63, 3.8) is 0 Å². The van der Waals surface area contributed by atoms with Crippen LogP contribution in [0.15, 0.2) is 24.3 Å². The van der Waals surface area contributed by atoms with Crippen LogP contribution in [0.3, 0.4) is 0 Å². The quantitative estimate of drug-likeness (QED) is 0.726. The fourth-order valence-corrected chi connectivity index (χ4v) is 1.66. The van der Waals surface area contributed by atoms with Crippen LogP contribution in [0.25, 0.3) is 0 Å². The Labute approximate surface area is 105 Å². The van der Waals surface area contributed by atoms with Crippen molar-refractivity contribution in [2.45, 2.75) is 18.9 Å². The van der Waals surface area contributed by atoms with Gasteiger partial charge in [-0.2, -0.15) is 0 Å². The van der Waals surface area contributed by atoms with Gasteiger partial charge in [0.2, 0.25) is 0 Å². The average molecular weight is 251 g/mol. The largest absolute Gasteiger partial charge is 0.481 e. The first-order valence-electron chi connectivity index (χ1n) is 5.53. The second-order valence-corrected chi connectivity index (χ2v) is 3.99. The lowest BCUT2D eigenvalue weighted by Gasteiger charge is -2.21. The van der Waals surface area contributed by atoms with Crippen LogP contribution >= 0.6 is 0 Å². The zero-order valence-corrected chi connectivity index (χ0v) is 10.2. The number of nitrogens with two attached hydrogens (primary N) is 2. The van der Waals surface area contributed by atoms with Crippen molar-refractivity contribution in [1.29, 1.82) is 0 Å². The first-order valence-corrected chi connectivity index (χ1v) is 5.53. The molecule has 1 aromatic rings. The minimum atomic E-state index is -0.897. The molecular weight excluding hydrogens is 234 g/mol. The van der Waals surface area contributed by atoms with Crippen LogP contribution in [0, 0.1) is 0 Å². The van der Waals surface area contributed by atoms with E-state index in [0.717, 1.165) is 0 Å². The maximum absolute atomic E-state index is 11.2. The SMILES string of the molecule is CN(C(N)=O)c1ccccc1C(N)CCC(=O)O. The summed E-state index contributed by atoms with van der Waals surface area (Å²) >= 11 is 0. The maximum atomic E-state index is 11.2. The summed E-state index contributed by atoms with van der Waals surface area (Å²) in [4.78, 5) is 23.0. The molecule has 1 rings (SSSR count). The minimum Gasteiger partial charge on any atom is -0.481 e. The lowest BCUT2D eigenvalue weighted by Crippen LogP contribution is -2.33. The van der Waals surface area contributed by atoms with Gasteiger partial charge in [0.05, 0.1) is 0 Å². The van der Waals surface area contributed by atoms with Gasteiger partial charge in [0.15, 0.2) is 0 Å². The standard InChI is InChI=1S/C12H17N3O3/c1-15(12(14)18)10-5-3-2-4-8(10)9(13)6-7-11(16)17/h2-5,9H,6-7,13H2,1H3,(H2,14,18)(H,16,17). The number of carboxylic acids is 1. The van der Waals surface area contributed by atoms with Gasteiger partial charge in [0, 0.05) is 25.2 Å². The molecule has 0 aliphatic carbocycles. The van der Waals surface area contributed by atoms with Gasteiger partial charge < -0.3 is 16.6 Å². The van der Waals surface area contributed by atoms with Crippen molar-refractivity contribution in [1.82, 2.24) is 0 Å². The molecule has 0 aliphatic rings. The number of rotatable bonds is 5. The molecule has 0 bridgehead atoms. The van der Waals surface area contributed by atoms with Crippen molar-refractivity contribution < 1.29 is 14.7 Å². The molecule has 0 fully saturated rings. The number of carboxylic acid groups (broad SMARTS) is 1. The Kier molecular flexibility index (Phi) is 4.67. The van der Waals surface area contributed by atoms with Crippen molar-refractivity contribution >= 4 is 17.7 Å². The molecule has 98 valence electrons. The molecule has 6 heteroatoms. The molecule has 0 saturated carbocycles. The first kappa shape index (κ1) is 14.0. The van der Waals surface area contributed by atoms with Gasteiger partial charge in [-0.3, -0.25) is 9.69 Å². The van der Waals surface area contributed by atoms with Crippen LogP contribution in [0.5, 0.6) is 0 Å². The maximum Gasteiger partial charge on any atom is 0.319 e. The third kappa shape index (κ3) is 3.46. The zero-order chi connectivity index (χ0) is 13.7. The van der Waals surface area contributed by atoms with Crippen LogP contribution in [-0.4, -0.2) is 24.2 Å². The molecule has 1 unspecified atom stereocenters. The number of nitrogens with zero attached hydrogens (tertiary/aromatic N) is 1. The van der Waals surface area contributed by atoms with E-state index in [-0.39, 0.29) is 6.42 Å². The van der Waals surface area contributed by atoms with Crippen LogP contribution < -0.4 is 16.4 Å². The van der Waals surface area contributed by atoms with E-state index in [1.807, 2.05) is 0 Å². The van der Waals surface area contributed by atoms with Gasteiger partial charge in [-0.1, -0.05) is 18.2 Å². The van der Waals surface area contributed by atoms with Gasteiger partial charge >= 0.3 is 12.0 Å². The number of primary amides is 1. The topological polar surface area (TPSA) is 110 Å². The summed E-state index contributed by atoms with van der Waals surface area (Å²) in [6.45, 7) is 0. The van der Waals surface area contributed by atoms with Crippen LogP contribution in [0.1, 0.15) is 24.4 Å². The third-order valence-electron chi connectivity index (χ3n) is 2.70. The van der Waals surface area contributed by atoms with Crippen LogP contribution in [0.2, 0.25) is 0 Å². The number of benzene rings is 1. The molecule has 0 spiro atoms. The minimum absolute atomic E-state index is 0.0181. The average Bonchev–Trinajstić information content (AvgIpc) is 2.34. The highest BCUT2D eigenvalue weighted by Gasteiger charge is 2.16. The molecule has 5 N–H and O–H groups in total. The Hall–Kier alpha value is -2.08. The smallest absolute Gasteiger partial charge is 0.319 e. The van der Waals surface area contributed by atoms with Crippen molar-refractivity contribution in [3.8, 4) is 0 Å². The van der Waals surface area contributed by atoms with Crippen molar-refractivity contribution in [3.05, 3.63) is 29.8 Å². The second-order valence-electron chi connectivity index (χ2n) is 3.99. The highest BCUT2D eigenvalue weighted by atomic mass is 16.4. The van der Waals surface area contributed by atoms with Gasteiger partial charge in [0.1, 0.15) is 0 Å². The molecule has 1 atom stereocenters. The van der Waals surface area contributed by atoms with Crippen molar-refractivity contribution in [2.75, 3.05) is 11.9 Å². The van der Waals surface area contributed by atoms with E-state index in [0.29, 0.717) is 17.7 Å². The Bertz CT molecular complexity index is 448. The second kappa shape index (κ2) is 6.02. The summed E-state index contributed by atoms with van der Waals surface area (Å²) in [6, 6.07) is 6.00. The Morgan fingerprint density at radius 3 is 2.56 bits per heavy atom. The van der Waals surface area contributed by atoms with E-state index in [9.17, 15) is 9.59 Å². The molecule has 0 radical (unpaired) electrons. The number of hydrogen-bond acceptors (Lipinski definition) is 3. The zero-order valence-electron chi connectivity index (χ0n) is 10.2. The molecule has 2 amide bonds.